The first-order valence-corrected chi connectivity index (χ1v) is 11.8. The smallest absolute Gasteiger partial charge is 0.266 e. The monoisotopic (exact) mass is 476 g/mol. The van der Waals surface area contributed by atoms with Crippen molar-refractivity contribution in [1.29, 1.82) is 0 Å². The summed E-state index contributed by atoms with van der Waals surface area (Å²) in [5.41, 5.74) is 2.14. The van der Waals surface area contributed by atoms with E-state index in [1.165, 1.54) is 4.90 Å². The summed E-state index contributed by atoms with van der Waals surface area (Å²) in [5, 5.41) is 2.28. The van der Waals surface area contributed by atoms with E-state index < -0.39 is 18.1 Å². The van der Waals surface area contributed by atoms with E-state index in [0.717, 1.165) is 24.1 Å². The predicted octanol–water partition coefficient (Wildman–Crippen LogP) is 5.57. The number of hydrogen-bond donors (Lipinski definition) is 0. The number of imide groups is 1. The lowest BCUT2D eigenvalue weighted by Gasteiger charge is -2.28. The molecule has 2 aliphatic rings. The summed E-state index contributed by atoms with van der Waals surface area (Å²) in [5.74, 6) is -0.628. The first-order valence-electron chi connectivity index (χ1n) is 11.5. The highest BCUT2D eigenvalue weighted by Crippen LogP contribution is 2.47. The molecule has 0 N–H and O–H groups in total. The molecule has 2 heterocycles. The van der Waals surface area contributed by atoms with Gasteiger partial charge in [-0.1, -0.05) is 55.3 Å². The fraction of sp³-hybridized carbons (Fsp3) is 0.259. The van der Waals surface area contributed by atoms with Gasteiger partial charge in [-0.2, -0.15) is 0 Å². The maximum absolute atomic E-state index is 13.7. The van der Waals surface area contributed by atoms with Crippen LogP contribution in [0.3, 0.4) is 0 Å². The molecule has 2 saturated heterocycles. The highest BCUT2D eigenvalue weighted by molar-refractivity contribution is 6.30. The second-order valence-corrected chi connectivity index (χ2v) is 8.85. The highest BCUT2D eigenvalue weighted by atomic mass is 35.5. The number of hydrogen-bond acceptors (Lipinski definition) is 5. The van der Waals surface area contributed by atoms with Crippen molar-refractivity contribution in [3.63, 3.8) is 0 Å². The molecule has 3 atom stereocenters. The lowest BCUT2D eigenvalue weighted by molar-refractivity contribution is -0.126. The minimum absolute atomic E-state index is 0.284. The van der Waals surface area contributed by atoms with Crippen molar-refractivity contribution in [3.8, 4) is 5.75 Å². The third-order valence-corrected chi connectivity index (χ3v) is 6.45. The molecule has 34 heavy (non-hydrogen) atoms. The maximum atomic E-state index is 13.7. The molecule has 5 rings (SSSR count). The lowest BCUT2D eigenvalue weighted by atomic mass is 9.90. The number of nitrogens with zero attached hydrogens (tertiary/aromatic N) is 2. The van der Waals surface area contributed by atoms with Crippen LogP contribution in [0.15, 0.2) is 78.9 Å². The second-order valence-electron chi connectivity index (χ2n) is 8.42. The minimum Gasteiger partial charge on any atom is -0.494 e. The van der Waals surface area contributed by atoms with Gasteiger partial charge in [-0.25, -0.2) is 9.96 Å². The Morgan fingerprint density at radius 2 is 1.59 bits per heavy atom. The SMILES string of the molecule is CCCCOc1ccc(N2C(=O)[C@H]3[C@@H](c4ccc(Cl)cc4)N(c4ccccc4)O[C@H]3C2=O)cc1. The largest absolute Gasteiger partial charge is 0.494 e. The van der Waals surface area contributed by atoms with Gasteiger partial charge in [-0.15, -0.1) is 0 Å². The minimum atomic E-state index is -0.908. The first kappa shape index (κ1) is 22.4. The van der Waals surface area contributed by atoms with Crippen molar-refractivity contribution in [1.82, 2.24) is 0 Å². The van der Waals surface area contributed by atoms with Gasteiger partial charge in [0.1, 0.15) is 11.7 Å². The second kappa shape index (κ2) is 9.49. The molecular formula is C27H25ClN2O4. The van der Waals surface area contributed by atoms with E-state index in [4.69, 9.17) is 21.2 Å². The van der Waals surface area contributed by atoms with E-state index in [2.05, 4.69) is 6.92 Å². The zero-order valence-electron chi connectivity index (χ0n) is 18.8. The molecule has 0 bridgehead atoms. The molecule has 6 nitrogen and oxygen atoms in total. The fourth-order valence-corrected chi connectivity index (χ4v) is 4.62. The number of benzene rings is 3. The molecule has 0 aromatic heterocycles. The van der Waals surface area contributed by atoms with E-state index in [9.17, 15) is 9.59 Å². The van der Waals surface area contributed by atoms with E-state index in [1.54, 1.807) is 41.5 Å². The fourth-order valence-electron chi connectivity index (χ4n) is 4.49. The molecule has 2 amide bonds. The van der Waals surface area contributed by atoms with Crippen LogP contribution in [0.4, 0.5) is 11.4 Å². The molecule has 2 aliphatic heterocycles. The Hall–Kier alpha value is -3.35. The number of hydroxylamine groups is 1. The third kappa shape index (κ3) is 4.04. The summed E-state index contributed by atoms with van der Waals surface area (Å²) in [6.07, 6.45) is 1.11. The van der Waals surface area contributed by atoms with Gasteiger partial charge in [0, 0.05) is 5.02 Å². The van der Waals surface area contributed by atoms with E-state index in [0.29, 0.717) is 23.1 Å². The van der Waals surface area contributed by atoms with Crippen LogP contribution in [0.25, 0.3) is 0 Å². The van der Waals surface area contributed by atoms with Gasteiger partial charge < -0.3 is 4.74 Å². The number of halogens is 1. The van der Waals surface area contributed by atoms with Gasteiger partial charge in [0.2, 0.25) is 5.91 Å². The van der Waals surface area contributed by atoms with Crippen LogP contribution >= 0.6 is 11.6 Å². The summed E-state index contributed by atoms with van der Waals surface area (Å²) in [6.45, 7) is 2.74. The lowest BCUT2D eigenvalue weighted by Crippen LogP contribution is -2.37. The quantitative estimate of drug-likeness (QED) is 0.329. The van der Waals surface area contributed by atoms with Gasteiger partial charge in [-0.3, -0.25) is 14.4 Å². The molecule has 174 valence electrons. The Labute approximate surface area is 203 Å². The molecule has 7 heteroatoms. The van der Waals surface area contributed by atoms with Crippen molar-refractivity contribution in [3.05, 3.63) is 89.4 Å². The standard InChI is InChI=1S/C27H25ClN2O4/c1-2-3-17-33-22-15-13-20(14-16-22)29-26(31)23-24(18-9-11-19(28)12-10-18)30(34-25(23)27(29)32)21-7-5-4-6-8-21/h4-16,23-25H,2-3,17H2,1H3/t23-,24+,25+/m0/s1. The zero-order valence-corrected chi connectivity index (χ0v) is 19.5. The highest BCUT2D eigenvalue weighted by Gasteiger charge is 2.60. The van der Waals surface area contributed by atoms with Crippen LogP contribution in [-0.2, 0) is 14.4 Å². The Kier molecular flexibility index (Phi) is 6.26. The van der Waals surface area contributed by atoms with E-state index in [-0.39, 0.29) is 11.8 Å². The molecule has 0 radical (unpaired) electrons. The molecule has 0 unspecified atom stereocenters. The van der Waals surface area contributed by atoms with Crippen molar-refractivity contribution >= 4 is 34.8 Å². The predicted molar refractivity (Wildman–Crippen MR) is 131 cm³/mol. The summed E-state index contributed by atoms with van der Waals surface area (Å²) < 4.78 is 5.71. The summed E-state index contributed by atoms with van der Waals surface area (Å²) in [7, 11) is 0. The normalized spacial score (nSPS) is 21.8. The molecular weight excluding hydrogens is 452 g/mol. The number of para-hydroxylation sites is 1. The van der Waals surface area contributed by atoms with Gasteiger partial charge >= 0.3 is 0 Å². The van der Waals surface area contributed by atoms with Crippen molar-refractivity contribution in [2.75, 3.05) is 16.6 Å². The molecule has 3 aromatic carbocycles. The first-order chi connectivity index (χ1) is 16.6. The average molecular weight is 477 g/mol. The van der Waals surface area contributed by atoms with Gasteiger partial charge in [0.15, 0.2) is 6.10 Å². The number of unbranched alkanes of at least 4 members (excludes halogenated alkanes) is 1. The summed E-state index contributed by atoms with van der Waals surface area (Å²) >= 11 is 6.11. The van der Waals surface area contributed by atoms with Crippen LogP contribution in [0.1, 0.15) is 31.4 Å². The van der Waals surface area contributed by atoms with Gasteiger partial charge in [0.05, 0.1) is 24.0 Å². The van der Waals surface area contributed by atoms with Crippen molar-refractivity contribution in [2.45, 2.75) is 31.9 Å². The van der Waals surface area contributed by atoms with Crippen LogP contribution in [-0.4, -0.2) is 24.5 Å². The summed E-state index contributed by atoms with van der Waals surface area (Å²) in [6, 6.07) is 23.4. The van der Waals surface area contributed by atoms with Crippen LogP contribution in [0.2, 0.25) is 5.02 Å². The molecule has 0 spiro atoms. The Morgan fingerprint density at radius 3 is 2.26 bits per heavy atom. The number of amides is 2. The Bertz CT molecular complexity index is 1170. The zero-order chi connectivity index (χ0) is 23.7. The Balaban J connectivity index is 1.46. The van der Waals surface area contributed by atoms with E-state index in [1.807, 2.05) is 42.5 Å². The average Bonchev–Trinajstić information content (AvgIpc) is 3.37. The number of carbonyl (C=O) groups is 2. The maximum Gasteiger partial charge on any atom is 0.266 e. The van der Waals surface area contributed by atoms with Crippen molar-refractivity contribution < 1.29 is 19.2 Å². The van der Waals surface area contributed by atoms with Crippen LogP contribution < -0.4 is 14.7 Å². The molecule has 0 saturated carbocycles. The number of ether oxygens (including phenoxy) is 1. The van der Waals surface area contributed by atoms with Crippen molar-refractivity contribution in [2.24, 2.45) is 5.92 Å². The molecule has 0 aliphatic carbocycles. The van der Waals surface area contributed by atoms with Gasteiger partial charge in [0.25, 0.3) is 5.91 Å². The molecule has 2 fully saturated rings. The summed E-state index contributed by atoms with van der Waals surface area (Å²) in [4.78, 5) is 34.5. The Morgan fingerprint density at radius 1 is 0.882 bits per heavy atom. The third-order valence-electron chi connectivity index (χ3n) is 6.20. The van der Waals surface area contributed by atoms with Gasteiger partial charge in [-0.05, 0) is 60.5 Å². The topological polar surface area (TPSA) is 59.1 Å². The number of anilines is 2. The number of carbonyl (C=O) groups excluding carboxylic acids is 2. The van der Waals surface area contributed by atoms with E-state index >= 15 is 0 Å². The molecule has 3 aromatic rings. The number of fused-ring (bicyclic) bond motifs is 1. The number of rotatable bonds is 7. The van der Waals surface area contributed by atoms with Crippen LogP contribution in [0, 0.1) is 5.92 Å². The van der Waals surface area contributed by atoms with Crippen LogP contribution in [0.5, 0.6) is 5.75 Å².